The summed E-state index contributed by atoms with van der Waals surface area (Å²) in [4.78, 5) is 11.1. The van der Waals surface area contributed by atoms with Crippen LogP contribution in [0.2, 0.25) is 0 Å². The summed E-state index contributed by atoms with van der Waals surface area (Å²) in [6.45, 7) is 3.35. The number of carbonyl (C=O) groups is 1. The summed E-state index contributed by atoms with van der Waals surface area (Å²) < 4.78 is 10.1. The fraction of sp³-hybridized carbons (Fsp3) is 0.0625. The zero-order valence-corrected chi connectivity index (χ0v) is 10.6. The van der Waals surface area contributed by atoms with Gasteiger partial charge in [0.2, 0.25) is 0 Å². The van der Waals surface area contributed by atoms with Crippen LogP contribution in [0.5, 0.6) is 11.5 Å². The minimum atomic E-state index is -0.461. The molecule has 0 saturated heterocycles. The van der Waals surface area contributed by atoms with Crippen molar-refractivity contribution < 1.29 is 14.3 Å². The van der Waals surface area contributed by atoms with Gasteiger partial charge in [0, 0.05) is 6.08 Å². The molecule has 0 fully saturated rings. The summed E-state index contributed by atoms with van der Waals surface area (Å²) in [5.74, 6) is 0.861. The first-order valence-electron chi connectivity index (χ1n) is 5.81. The minimum absolute atomic E-state index is 0.461. The zero-order valence-electron chi connectivity index (χ0n) is 10.6. The Morgan fingerprint density at radius 1 is 0.947 bits per heavy atom. The molecule has 96 valence electrons. The third kappa shape index (κ3) is 3.22. The Balaban J connectivity index is 2.17. The Morgan fingerprint density at radius 2 is 1.42 bits per heavy atom. The van der Waals surface area contributed by atoms with Crippen LogP contribution in [0.1, 0.15) is 0 Å². The summed E-state index contributed by atoms with van der Waals surface area (Å²) >= 11 is 0. The van der Waals surface area contributed by atoms with Crippen LogP contribution in [0.4, 0.5) is 0 Å². The molecule has 19 heavy (non-hydrogen) atoms. The Bertz CT molecular complexity index is 568. The molecule has 2 aromatic carbocycles. The number of esters is 1. The van der Waals surface area contributed by atoms with Gasteiger partial charge in [0.15, 0.2) is 0 Å². The predicted molar refractivity (Wildman–Crippen MR) is 74.3 cm³/mol. The molecule has 2 rings (SSSR count). The van der Waals surface area contributed by atoms with E-state index < -0.39 is 5.97 Å². The largest absolute Gasteiger partial charge is 0.497 e. The first-order valence-corrected chi connectivity index (χ1v) is 5.81. The van der Waals surface area contributed by atoms with E-state index in [0.29, 0.717) is 5.75 Å². The lowest BCUT2D eigenvalue weighted by atomic mass is 10.1. The quantitative estimate of drug-likeness (QED) is 0.476. The summed E-state index contributed by atoms with van der Waals surface area (Å²) in [6, 6.07) is 15.1. The predicted octanol–water partition coefficient (Wildman–Crippen LogP) is 3.45. The number of carbonyl (C=O) groups excluding carboxylic acids is 1. The summed E-state index contributed by atoms with van der Waals surface area (Å²) in [5.41, 5.74) is 2.11. The monoisotopic (exact) mass is 254 g/mol. The molecule has 0 spiro atoms. The van der Waals surface area contributed by atoms with Crippen molar-refractivity contribution in [2.24, 2.45) is 0 Å². The van der Waals surface area contributed by atoms with Gasteiger partial charge in [-0.2, -0.15) is 0 Å². The highest BCUT2D eigenvalue weighted by Gasteiger charge is 2.01. The summed E-state index contributed by atoms with van der Waals surface area (Å²) in [5, 5.41) is 0. The van der Waals surface area contributed by atoms with Gasteiger partial charge in [0.25, 0.3) is 0 Å². The fourth-order valence-corrected chi connectivity index (χ4v) is 1.66. The number of methoxy groups -OCH3 is 1. The van der Waals surface area contributed by atoms with Crippen LogP contribution >= 0.6 is 0 Å². The standard InChI is InChI=1S/C16H14O3/c1-3-16(17)19-15-10-6-13(7-11-15)12-4-8-14(18-2)9-5-12/h3-11H,1H2,2H3. The van der Waals surface area contributed by atoms with E-state index in [4.69, 9.17) is 9.47 Å². The van der Waals surface area contributed by atoms with Crippen LogP contribution < -0.4 is 9.47 Å². The second kappa shape index (κ2) is 5.87. The van der Waals surface area contributed by atoms with Crippen molar-refractivity contribution in [3.63, 3.8) is 0 Å². The molecule has 0 heterocycles. The molecule has 0 aromatic heterocycles. The number of rotatable bonds is 4. The molecular weight excluding hydrogens is 240 g/mol. The molecule has 0 aliphatic rings. The highest BCUT2D eigenvalue weighted by atomic mass is 16.5. The van der Waals surface area contributed by atoms with Crippen molar-refractivity contribution in [1.29, 1.82) is 0 Å². The summed E-state index contributed by atoms with van der Waals surface area (Å²) in [6.07, 6.45) is 1.14. The molecule has 0 radical (unpaired) electrons. The van der Waals surface area contributed by atoms with E-state index in [1.165, 1.54) is 0 Å². The highest BCUT2D eigenvalue weighted by Crippen LogP contribution is 2.24. The van der Waals surface area contributed by atoms with Gasteiger partial charge in [-0.15, -0.1) is 0 Å². The maximum atomic E-state index is 11.1. The normalized spacial score (nSPS) is 9.74. The van der Waals surface area contributed by atoms with Gasteiger partial charge in [0.1, 0.15) is 11.5 Å². The van der Waals surface area contributed by atoms with Crippen molar-refractivity contribution in [3.8, 4) is 22.6 Å². The van der Waals surface area contributed by atoms with Crippen molar-refractivity contribution >= 4 is 5.97 Å². The van der Waals surface area contributed by atoms with E-state index >= 15 is 0 Å². The molecule has 0 N–H and O–H groups in total. The second-order valence-corrected chi connectivity index (χ2v) is 3.88. The van der Waals surface area contributed by atoms with Crippen LogP contribution in [0.25, 0.3) is 11.1 Å². The lowest BCUT2D eigenvalue weighted by Gasteiger charge is -2.05. The van der Waals surface area contributed by atoms with E-state index in [9.17, 15) is 4.79 Å². The first kappa shape index (κ1) is 12.9. The molecular formula is C16H14O3. The molecule has 0 saturated carbocycles. The minimum Gasteiger partial charge on any atom is -0.497 e. The maximum absolute atomic E-state index is 11.1. The number of benzene rings is 2. The molecule has 0 bridgehead atoms. The second-order valence-electron chi connectivity index (χ2n) is 3.88. The van der Waals surface area contributed by atoms with Crippen molar-refractivity contribution in [1.82, 2.24) is 0 Å². The van der Waals surface area contributed by atoms with Gasteiger partial charge < -0.3 is 9.47 Å². The SMILES string of the molecule is C=CC(=O)Oc1ccc(-c2ccc(OC)cc2)cc1. The molecule has 0 aliphatic heterocycles. The molecule has 3 heteroatoms. The number of hydrogen-bond acceptors (Lipinski definition) is 3. The van der Waals surface area contributed by atoms with Crippen molar-refractivity contribution in [2.45, 2.75) is 0 Å². The van der Waals surface area contributed by atoms with Crippen LogP contribution in [0.3, 0.4) is 0 Å². The van der Waals surface area contributed by atoms with E-state index in [2.05, 4.69) is 6.58 Å². The average molecular weight is 254 g/mol. The molecule has 3 nitrogen and oxygen atoms in total. The van der Waals surface area contributed by atoms with E-state index in [1.54, 1.807) is 19.2 Å². The van der Waals surface area contributed by atoms with E-state index in [-0.39, 0.29) is 0 Å². The van der Waals surface area contributed by atoms with E-state index in [1.807, 2.05) is 36.4 Å². The maximum Gasteiger partial charge on any atom is 0.335 e. The van der Waals surface area contributed by atoms with Crippen molar-refractivity contribution in [2.75, 3.05) is 7.11 Å². The lowest BCUT2D eigenvalue weighted by molar-refractivity contribution is -0.128. The first-order chi connectivity index (χ1) is 9.22. The third-order valence-corrected chi connectivity index (χ3v) is 2.66. The average Bonchev–Trinajstić information content (AvgIpc) is 2.48. The van der Waals surface area contributed by atoms with Gasteiger partial charge >= 0.3 is 5.97 Å². The Hall–Kier alpha value is -2.55. The lowest BCUT2D eigenvalue weighted by Crippen LogP contribution is -2.02. The smallest absolute Gasteiger partial charge is 0.335 e. The Labute approximate surface area is 112 Å². The van der Waals surface area contributed by atoms with Gasteiger partial charge in [-0.25, -0.2) is 4.79 Å². The van der Waals surface area contributed by atoms with Gasteiger partial charge in [0.05, 0.1) is 7.11 Å². The van der Waals surface area contributed by atoms with E-state index in [0.717, 1.165) is 23.0 Å². The number of ether oxygens (including phenoxy) is 2. The highest BCUT2D eigenvalue weighted by molar-refractivity contribution is 5.83. The van der Waals surface area contributed by atoms with Gasteiger partial charge in [-0.05, 0) is 35.4 Å². The fourth-order valence-electron chi connectivity index (χ4n) is 1.66. The van der Waals surface area contributed by atoms with Gasteiger partial charge in [-0.3, -0.25) is 0 Å². The molecule has 0 amide bonds. The van der Waals surface area contributed by atoms with Crippen LogP contribution in [-0.4, -0.2) is 13.1 Å². The summed E-state index contributed by atoms with van der Waals surface area (Å²) in [7, 11) is 1.64. The van der Waals surface area contributed by atoms with Crippen molar-refractivity contribution in [3.05, 3.63) is 61.2 Å². The van der Waals surface area contributed by atoms with Crippen LogP contribution in [0, 0.1) is 0 Å². The topological polar surface area (TPSA) is 35.5 Å². The Morgan fingerprint density at radius 3 is 1.84 bits per heavy atom. The van der Waals surface area contributed by atoms with Crippen LogP contribution in [0.15, 0.2) is 61.2 Å². The molecule has 0 aliphatic carbocycles. The zero-order chi connectivity index (χ0) is 13.7. The van der Waals surface area contributed by atoms with Crippen LogP contribution in [-0.2, 0) is 4.79 Å². The molecule has 0 unspecified atom stereocenters. The molecule has 2 aromatic rings. The van der Waals surface area contributed by atoms with Gasteiger partial charge in [-0.1, -0.05) is 30.8 Å². The third-order valence-electron chi connectivity index (χ3n) is 2.66. The Kier molecular flexibility index (Phi) is 3.98. The molecule has 0 atom stereocenters. The number of hydrogen-bond donors (Lipinski definition) is 0.